The molecule has 1 aliphatic rings. The molecule has 0 saturated carbocycles. The first-order valence-electron chi connectivity index (χ1n) is 5.95. The third kappa shape index (κ3) is 2.49. The lowest BCUT2D eigenvalue weighted by atomic mass is 9.98. The maximum absolute atomic E-state index is 13.3. The van der Waals surface area contributed by atoms with E-state index in [0.29, 0.717) is 18.0 Å². The topological polar surface area (TPSA) is 49.5 Å². The van der Waals surface area contributed by atoms with Crippen LogP contribution in [0.5, 0.6) is 0 Å². The number of hydrogen-bond donors (Lipinski definition) is 2. The minimum Gasteiger partial charge on any atom is -0.392 e. The molecule has 1 aromatic carbocycles. The Bertz CT molecular complexity index is 397. The molecule has 0 bridgehead atoms. The quantitative estimate of drug-likeness (QED) is 0.833. The normalized spacial score (nSPS) is 25.4. The van der Waals surface area contributed by atoms with Gasteiger partial charge in [-0.2, -0.15) is 0 Å². The number of aliphatic hydroxyl groups is 1. The maximum Gasteiger partial charge on any atom is 0.128 e. The molecule has 4 heteroatoms. The van der Waals surface area contributed by atoms with Gasteiger partial charge >= 0.3 is 0 Å². The summed E-state index contributed by atoms with van der Waals surface area (Å²) >= 11 is 0. The fourth-order valence-corrected chi connectivity index (χ4v) is 2.59. The highest BCUT2D eigenvalue weighted by molar-refractivity contribution is 5.28. The molecule has 0 radical (unpaired) electrons. The van der Waals surface area contributed by atoms with E-state index in [1.807, 2.05) is 0 Å². The minimum atomic E-state index is -0.340. The van der Waals surface area contributed by atoms with Crippen molar-refractivity contribution in [2.24, 2.45) is 11.7 Å². The van der Waals surface area contributed by atoms with Crippen LogP contribution in [0.4, 0.5) is 4.39 Å². The van der Waals surface area contributed by atoms with Gasteiger partial charge in [0, 0.05) is 18.2 Å². The second-order valence-electron chi connectivity index (χ2n) is 4.80. The highest BCUT2D eigenvalue weighted by atomic mass is 19.1. The van der Waals surface area contributed by atoms with Crippen LogP contribution in [0.1, 0.15) is 23.6 Å². The van der Waals surface area contributed by atoms with Crippen LogP contribution in [0.25, 0.3) is 0 Å². The SMILES string of the molecule is CN1CC(CN)CC1c1ccc(F)c(CO)c1. The van der Waals surface area contributed by atoms with Crippen molar-refractivity contribution >= 4 is 0 Å². The molecule has 1 aromatic rings. The fourth-order valence-electron chi connectivity index (χ4n) is 2.59. The summed E-state index contributed by atoms with van der Waals surface area (Å²) in [7, 11) is 2.06. The van der Waals surface area contributed by atoms with Gasteiger partial charge in [-0.25, -0.2) is 4.39 Å². The Morgan fingerprint density at radius 2 is 2.29 bits per heavy atom. The van der Waals surface area contributed by atoms with Crippen molar-refractivity contribution in [2.45, 2.75) is 19.1 Å². The van der Waals surface area contributed by atoms with Crippen molar-refractivity contribution < 1.29 is 9.50 Å². The third-order valence-corrected chi connectivity index (χ3v) is 3.59. The number of nitrogens with two attached hydrogens (primary N) is 1. The smallest absolute Gasteiger partial charge is 0.128 e. The Morgan fingerprint density at radius 3 is 2.88 bits per heavy atom. The predicted octanol–water partition coefficient (Wildman–Crippen LogP) is 1.27. The zero-order valence-corrected chi connectivity index (χ0v) is 10.1. The Labute approximate surface area is 101 Å². The summed E-state index contributed by atoms with van der Waals surface area (Å²) in [4.78, 5) is 2.24. The van der Waals surface area contributed by atoms with Crippen LogP contribution in [0, 0.1) is 11.7 Å². The number of rotatable bonds is 3. The molecule has 2 unspecified atom stereocenters. The van der Waals surface area contributed by atoms with Crippen LogP contribution in [0.15, 0.2) is 18.2 Å². The molecule has 0 spiro atoms. The highest BCUT2D eigenvalue weighted by Crippen LogP contribution is 2.34. The van der Waals surface area contributed by atoms with Gasteiger partial charge < -0.3 is 10.8 Å². The zero-order chi connectivity index (χ0) is 12.4. The number of hydrogen-bond acceptors (Lipinski definition) is 3. The first-order valence-corrected chi connectivity index (χ1v) is 5.95. The Morgan fingerprint density at radius 1 is 1.53 bits per heavy atom. The van der Waals surface area contributed by atoms with Gasteiger partial charge in [0.25, 0.3) is 0 Å². The van der Waals surface area contributed by atoms with E-state index in [1.165, 1.54) is 6.07 Å². The Kier molecular flexibility index (Phi) is 3.76. The van der Waals surface area contributed by atoms with E-state index < -0.39 is 0 Å². The molecule has 2 atom stereocenters. The molecule has 1 fully saturated rings. The van der Waals surface area contributed by atoms with E-state index in [-0.39, 0.29) is 18.5 Å². The lowest BCUT2D eigenvalue weighted by Crippen LogP contribution is -2.20. The van der Waals surface area contributed by atoms with Gasteiger partial charge in [-0.3, -0.25) is 4.90 Å². The Hall–Kier alpha value is -0.970. The standard InChI is InChI=1S/C13H19FN2O/c1-16-7-9(6-15)4-13(16)10-2-3-12(14)11(5-10)8-17/h2-3,5,9,13,17H,4,6-8,15H2,1H3. The molecule has 0 aromatic heterocycles. The summed E-state index contributed by atoms with van der Waals surface area (Å²) < 4.78 is 13.3. The molecule has 1 aliphatic heterocycles. The average Bonchev–Trinajstić information content (AvgIpc) is 2.71. The molecule has 3 N–H and O–H groups in total. The van der Waals surface area contributed by atoms with Crippen molar-refractivity contribution in [1.29, 1.82) is 0 Å². The average molecular weight is 238 g/mol. The number of likely N-dealkylation sites (tertiary alicyclic amines) is 1. The van der Waals surface area contributed by atoms with Gasteiger partial charge in [0.15, 0.2) is 0 Å². The molecule has 0 aliphatic carbocycles. The molecule has 1 heterocycles. The molecule has 3 nitrogen and oxygen atoms in total. The monoisotopic (exact) mass is 238 g/mol. The largest absolute Gasteiger partial charge is 0.392 e. The van der Waals surface area contributed by atoms with E-state index in [2.05, 4.69) is 11.9 Å². The summed E-state index contributed by atoms with van der Waals surface area (Å²) in [6.45, 7) is 1.41. The number of benzene rings is 1. The highest BCUT2D eigenvalue weighted by Gasteiger charge is 2.29. The van der Waals surface area contributed by atoms with Gasteiger partial charge in [-0.05, 0) is 43.6 Å². The number of aliphatic hydroxyl groups excluding tert-OH is 1. The van der Waals surface area contributed by atoms with Crippen molar-refractivity contribution in [3.8, 4) is 0 Å². The van der Waals surface area contributed by atoms with Crippen molar-refractivity contribution in [3.63, 3.8) is 0 Å². The van der Waals surface area contributed by atoms with E-state index in [9.17, 15) is 4.39 Å². The minimum absolute atomic E-state index is 0.254. The summed E-state index contributed by atoms with van der Waals surface area (Å²) in [5.41, 5.74) is 7.12. The fraction of sp³-hybridized carbons (Fsp3) is 0.538. The van der Waals surface area contributed by atoms with Crippen molar-refractivity contribution in [2.75, 3.05) is 20.1 Å². The van der Waals surface area contributed by atoms with Gasteiger partial charge in [-0.15, -0.1) is 0 Å². The first kappa shape index (κ1) is 12.5. The van der Waals surface area contributed by atoms with Gasteiger partial charge in [0.05, 0.1) is 6.61 Å². The maximum atomic E-state index is 13.3. The van der Waals surface area contributed by atoms with E-state index >= 15 is 0 Å². The van der Waals surface area contributed by atoms with Crippen molar-refractivity contribution in [3.05, 3.63) is 35.1 Å². The van der Waals surface area contributed by atoms with Crippen LogP contribution in [0.3, 0.4) is 0 Å². The summed E-state index contributed by atoms with van der Waals surface area (Å²) in [5, 5.41) is 9.08. The third-order valence-electron chi connectivity index (χ3n) is 3.59. The molecule has 1 saturated heterocycles. The lowest BCUT2D eigenvalue weighted by Gasteiger charge is -2.20. The summed E-state index contributed by atoms with van der Waals surface area (Å²) in [6.07, 6.45) is 1.00. The molecule has 17 heavy (non-hydrogen) atoms. The second kappa shape index (κ2) is 5.12. The van der Waals surface area contributed by atoms with Crippen molar-refractivity contribution in [1.82, 2.24) is 4.90 Å². The van der Waals surface area contributed by atoms with E-state index in [1.54, 1.807) is 12.1 Å². The lowest BCUT2D eigenvalue weighted by molar-refractivity contribution is 0.274. The zero-order valence-electron chi connectivity index (χ0n) is 10.1. The van der Waals surface area contributed by atoms with Crippen LogP contribution < -0.4 is 5.73 Å². The van der Waals surface area contributed by atoms with Crippen LogP contribution in [-0.4, -0.2) is 30.1 Å². The number of nitrogens with zero attached hydrogens (tertiary/aromatic N) is 1. The predicted molar refractivity (Wildman–Crippen MR) is 64.9 cm³/mol. The van der Waals surface area contributed by atoms with Crippen LogP contribution >= 0.6 is 0 Å². The summed E-state index contributed by atoms with van der Waals surface area (Å²) in [5.74, 6) is 0.167. The number of halogens is 1. The van der Waals surface area contributed by atoms with Crippen LogP contribution in [0.2, 0.25) is 0 Å². The van der Waals surface area contributed by atoms with Gasteiger partial charge in [0.1, 0.15) is 5.82 Å². The molecule has 0 amide bonds. The van der Waals surface area contributed by atoms with E-state index in [4.69, 9.17) is 10.8 Å². The van der Waals surface area contributed by atoms with E-state index in [0.717, 1.165) is 18.5 Å². The molecular formula is C13H19FN2O. The Balaban J connectivity index is 2.22. The molecule has 2 rings (SSSR count). The molecule has 94 valence electrons. The first-order chi connectivity index (χ1) is 8.15. The van der Waals surface area contributed by atoms with Crippen LogP contribution in [-0.2, 0) is 6.61 Å². The summed E-state index contributed by atoms with van der Waals surface area (Å²) in [6, 6.07) is 5.28. The second-order valence-corrected chi connectivity index (χ2v) is 4.80. The molecular weight excluding hydrogens is 219 g/mol. The van der Waals surface area contributed by atoms with Gasteiger partial charge in [-0.1, -0.05) is 6.07 Å². The van der Waals surface area contributed by atoms with Gasteiger partial charge in [0.2, 0.25) is 0 Å².